The average molecular weight is 423 g/mol. The van der Waals surface area contributed by atoms with Crippen molar-refractivity contribution >= 4 is 11.6 Å². The van der Waals surface area contributed by atoms with Crippen molar-refractivity contribution < 1.29 is 29.2 Å². The molecule has 5 atom stereocenters. The first kappa shape index (κ1) is 20.6. The molecule has 2 aliphatic rings. The molecule has 2 fully saturated rings. The smallest absolute Gasteiger partial charge is 0.165 e. The zero-order chi connectivity index (χ0) is 21.0. The van der Waals surface area contributed by atoms with Crippen LogP contribution in [0.4, 0.5) is 4.39 Å². The highest BCUT2D eigenvalue weighted by molar-refractivity contribution is 6.31. The third kappa shape index (κ3) is 2.97. The standard InChI is InChI=1S/C22H24ClFO5/c1-3-28-17-7-4-12(9-16(17)24)8-13-10-14(5-6-15(13)23)22-19(18(26)20(22)27)21(2,11-25)29-22/h4-7,9-10,18-20,25-27H,3,8,11H2,1-2H3/t18?,19-,20+,21+,22?/m0/s1. The third-order valence-corrected chi connectivity index (χ3v) is 6.50. The Morgan fingerprint density at radius 1 is 1.21 bits per heavy atom. The molecule has 7 heteroatoms. The number of aliphatic hydroxyl groups is 3. The first-order valence-electron chi connectivity index (χ1n) is 9.64. The van der Waals surface area contributed by atoms with Gasteiger partial charge in [-0.15, -0.1) is 0 Å². The van der Waals surface area contributed by atoms with Crippen molar-refractivity contribution in [1.82, 2.24) is 0 Å². The van der Waals surface area contributed by atoms with Crippen molar-refractivity contribution in [2.75, 3.05) is 13.2 Å². The Morgan fingerprint density at radius 3 is 2.62 bits per heavy atom. The Kier molecular flexibility index (Phi) is 5.12. The maximum atomic E-state index is 14.2. The van der Waals surface area contributed by atoms with E-state index in [0.29, 0.717) is 23.6 Å². The summed E-state index contributed by atoms with van der Waals surface area (Å²) in [5.41, 5.74) is 0.174. The molecule has 156 valence electrons. The molecule has 2 unspecified atom stereocenters. The molecule has 0 radical (unpaired) electrons. The topological polar surface area (TPSA) is 79.2 Å². The van der Waals surface area contributed by atoms with Crippen molar-refractivity contribution in [3.63, 3.8) is 0 Å². The summed E-state index contributed by atoms with van der Waals surface area (Å²) in [5.74, 6) is -0.656. The molecule has 5 nitrogen and oxygen atoms in total. The summed E-state index contributed by atoms with van der Waals surface area (Å²) < 4.78 is 25.4. The number of fused-ring (bicyclic) bond motifs is 1. The zero-order valence-electron chi connectivity index (χ0n) is 16.2. The highest BCUT2D eigenvalue weighted by Gasteiger charge is 2.78. The molecule has 0 aromatic heterocycles. The molecule has 0 bridgehead atoms. The van der Waals surface area contributed by atoms with Crippen LogP contribution in [0.15, 0.2) is 36.4 Å². The van der Waals surface area contributed by atoms with E-state index >= 15 is 0 Å². The van der Waals surface area contributed by atoms with Crippen LogP contribution in [-0.2, 0) is 16.8 Å². The first-order valence-corrected chi connectivity index (χ1v) is 10.0. The Balaban J connectivity index is 1.63. The molecule has 0 amide bonds. The van der Waals surface area contributed by atoms with Gasteiger partial charge in [0.15, 0.2) is 11.6 Å². The summed E-state index contributed by atoms with van der Waals surface area (Å²) in [5, 5.41) is 30.8. The van der Waals surface area contributed by atoms with Gasteiger partial charge in [0.25, 0.3) is 0 Å². The van der Waals surface area contributed by atoms with Gasteiger partial charge in [0.05, 0.1) is 30.8 Å². The summed E-state index contributed by atoms with van der Waals surface area (Å²) in [6.07, 6.45) is -1.68. The highest BCUT2D eigenvalue weighted by atomic mass is 35.5. The SMILES string of the molecule is CCOc1ccc(Cc2cc(C34O[C@](C)(CO)[C@@H]3C(O)[C@H]4O)ccc2Cl)cc1F. The molecule has 4 rings (SSSR count). The van der Waals surface area contributed by atoms with Crippen LogP contribution in [0, 0.1) is 11.7 Å². The molecule has 1 aliphatic carbocycles. The lowest BCUT2D eigenvalue weighted by Gasteiger charge is -2.72. The van der Waals surface area contributed by atoms with Crippen LogP contribution in [0.5, 0.6) is 5.75 Å². The van der Waals surface area contributed by atoms with Crippen molar-refractivity contribution in [1.29, 1.82) is 0 Å². The average Bonchev–Trinajstić information content (AvgIpc) is 2.69. The Hall–Kier alpha value is -1.70. The van der Waals surface area contributed by atoms with Crippen LogP contribution >= 0.6 is 11.6 Å². The zero-order valence-corrected chi connectivity index (χ0v) is 17.0. The summed E-state index contributed by atoms with van der Waals surface area (Å²) in [4.78, 5) is 0. The van der Waals surface area contributed by atoms with Crippen LogP contribution in [0.25, 0.3) is 0 Å². The van der Waals surface area contributed by atoms with Gasteiger partial charge in [-0.1, -0.05) is 29.8 Å². The van der Waals surface area contributed by atoms with Crippen LogP contribution in [0.1, 0.15) is 30.5 Å². The van der Waals surface area contributed by atoms with Crippen molar-refractivity contribution in [2.24, 2.45) is 5.92 Å². The van der Waals surface area contributed by atoms with Crippen LogP contribution in [0.3, 0.4) is 0 Å². The molecule has 2 aromatic rings. The summed E-state index contributed by atoms with van der Waals surface area (Å²) in [6.45, 7) is 3.63. The molecule has 29 heavy (non-hydrogen) atoms. The second-order valence-electron chi connectivity index (χ2n) is 7.96. The monoisotopic (exact) mass is 422 g/mol. The Labute approximate surface area is 173 Å². The van der Waals surface area contributed by atoms with E-state index in [9.17, 15) is 19.7 Å². The summed E-state index contributed by atoms with van der Waals surface area (Å²) in [6, 6.07) is 10.1. The number of halogens is 2. The van der Waals surface area contributed by atoms with Gasteiger partial charge in [-0.05, 0) is 55.2 Å². The lowest BCUT2D eigenvalue weighted by Crippen LogP contribution is -2.85. The van der Waals surface area contributed by atoms with Crippen LogP contribution in [-0.4, -0.2) is 46.3 Å². The maximum absolute atomic E-state index is 14.2. The normalized spacial score (nSPS) is 32.9. The molecule has 1 heterocycles. The Morgan fingerprint density at radius 2 is 1.97 bits per heavy atom. The number of hydrogen-bond donors (Lipinski definition) is 3. The highest BCUT2D eigenvalue weighted by Crippen LogP contribution is 2.65. The van der Waals surface area contributed by atoms with E-state index in [-0.39, 0.29) is 12.4 Å². The molecule has 1 saturated heterocycles. The van der Waals surface area contributed by atoms with E-state index in [1.807, 2.05) is 6.07 Å². The third-order valence-electron chi connectivity index (χ3n) is 6.13. The minimum Gasteiger partial charge on any atom is -0.491 e. The van der Waals surface area contributed by atoms with Crippen LogP contribution in [0.2, 0.25) is 5.02 Å². The minimum atomic E-state index is -1.09. The predicted octanol–water partition coefficient (Wildman–Crippen LogP) is 2.80. The molecule has 0 spiro atoms. The number of ether oxygens (including phenoxy) is 2. The van der Waals surface area contributed by atoms with E-state index in [4.69, 9.17) is 21.1 Å². The number of aliphatic hydroxyl groups excluding tert-OH is 3. The second kappa shape index (κ2) is 7.22. The molecule has 1 aliphatic heterocycles. The Bertz CT molecular complexity index is 937. The lowest BCUT2D eigenvalue weighted by atomic mass is 9.50. The van der Waals surface area contributed by atoms with Gasteiger partial charge in [-0.25, -0.2) is 4.39 Å². The molecular weight excluding hydrogens is 399 g/mol. The van der Waals surface area contributed by atoms with Gasteiger partial charge in [0, 0.05) is 5.02 Å². The molecular formula is C22H24ClFO5. The largest absolute Gasteiger partial charge is 0.491 e. The second-order valence-corrected chi connectivity index (χ2v) is 8.37. The van der Waals surface area contributed by atoms with E-state index in [1.54, 1.807) is 38.1 Å². The van der Waals surface area contributed by atoms with Gasteiger partial charge >= 0.3 is 0 Å². The van der Waals surface area contributed by atoms with Gasteiger partial charge in [0.1, 0.15) is 11.7 Å². The quantitative estimate of drug-likeness (QED) is 0.667. The van der Waals surface area contributed by atoms with Crippen molar-refractivity contribution in [3.05, 3.63) is 63.9 Å². The fraction of sp³-hybridized carbons (Fsp3) is 0.455. The number of benzene rings is 2. The van der Waals surface area contributed by atoms with Gasteiger partial charge in [-0.2, -0.15) is 0 Å². The molecule has 2 aromatic carbocycles. The molecule has 3 N–H and O–H groups in total. The fourth-order valence-corrected chi connectivity index (χ4v) is 4.91. The number of hydrogen-bond acceptors (Lipinski definition) is 5. The van der Waals surface area contributed by atoms with Gasteiger partial charge in [0.2, 0.25) is 0 Å². The van der Waals surface area contributed by atoms with Crippen LogP contribution < -0.4 is 4.74 Å². The van der Waals surface area contributed by atoms with Crippen molar-refractivity contribution in [3.8, 4) is 5.75 Å². The first-order chi connectivity index (χ1) is 13.8. The summed E-state index contributed by atoms with van der Waals surface area (Å²) >= 11 is 6.37. The van der Waals surface area contributed by atoms with E-state index in [1.165, 1.54) is 6.07 Å². The lowest BCUT2D eigenvalue weighted by molar-refractivity contribution is -0.452. The van der Waals surface area contributed by atoms with Gasteiger partial charge in [-0.3, -0.25) is 0 Å². The van der Waals surface area contributed by atoms with Crippen molar-refractivity contribution in [2.45, 2.75) is 43.7 Å². The predicted molar refractivity (Wildman–Crippen MR) is 106 cm³/mol. The van der Waals surface area contributed by atoms with E-state index in [2.05, 4.69) is 0 Å². The maximum Gasteiger partial charge on any atom is 0.165 e. The van der Waals surface area contributed by atoms with E-state index in [0.717, 1.165) is 11.1 Å². The fourth-order valence-electron chi connectivity index (χ4n) is 4.72. The summed E-state index contributed by atoms with van der Waals surface area (Å²) in [7, 11) is 0. The minimum absolute atomic E-state index is 0.204. The molecule has 1 saturated carbocycles. The number of rotatable bonds is 6. The van der Waals surface area contributed by atoms with E-state index < -0.39 is 35.1 Å². The van der Waals surface area contributed by atoms with Gasteiger partial charge < -0.3 is 24.8 Å².